The van der Waals surface area contributed by atoms with Crippen molar-refractivity contribution in [1.29, 1.82) is 0 Å². The minimum Gasteiger partial charge on any atom is -0.480 e. The number of rotatable bonds is 4. The summed E-state index contributed by atoms with van der Waals surface area (Å²) in [5, 5.41) is 20.0. The Morgan fingerprint density at radius 1 is 1.50 bits per heavy atom. The fourth-order valence-corrected chi connectivity index (χ4v) is 0.659. The first kappa shape index (κ1) is 11.4. The average molecular weight is 175 g/mol. The van der Waals surface area contributed by atoms with Crippen LogP contribution in [0.2, 0.25) is 0 Å². The van der Waals surface area contributed by atoms with E-state index in [4.69, 9.17) is 10.2 Å². The second-order valence-corrected chi connectivity index (χ2v) is 4.01. The summed E-state index contributed by atoms with van der Waals surface area (Å²) in [6, 6.07) is -0.843. The molecule has 0 aliphatic rings. The molecule has 0 aliphatic heterocycles. The van der Waals surface area contributed by atoms with E-state index in [1.165, 1.54) is 0 Å². The minimum absolute atomic E-state index is 0.0306. The van der Waals surface area contributed by atoms with Gasteiger partial charge in [0, 0.05) is 6.54 Å². The molecular weight excluding hydrogens is 158 g/mol. The SMILES string of the molecule is CC(C)(C)CN[C@H](CO)C(=O)O. The molecule has 0 rings (SSSR count). The van der Waals surface area contributed by atoms with Crippen molar-refractivity contribution < 1.29 is 15.0 Å². The van der Waals surface area contributed by atoms with Crippen LogP contribution in [-0.2, 0) is 4.79 Å². The molecule has 0 amide bonds. The Hall–Kier alpha value is -0.610. The lowest BCUT2D eigenvalue weighted by molar-refractivity contribution is -0.140. The van der Waals surface area contributed by atoms with Crippen molar-refractivity contribution in [2.24, 2.45) is 5.41 Å². The largest absolute Gasteiger partial charge is 0.480 e. The summed E-state index contributed by atoms with van der Waals surface area (Å²) >= 11 is 0. The summed E-state index contributed by atoms with van der Waals surface area (Å²) in [6.45, 7) is 6.19. The van der Waals surface area contributed by atoms with Gasteiger partial charge in [0.1, 0.15) is 6.04 Å². The van der Waals surface area contributed by atoms with Crippen LogP contribution in [0.1, 0.15) is 20.8 Å². The van der Waals surface area contributed by atoms with Gasteiger partial charge in [-0.05, 0) is 5.41 Å². The van der Waals surface area contributed by atoms with Gasteiger partial charge >= 0.3 is 5.97 Å². The van der Waals surface area contributed by atoms with Gasteiger partial charge in [-0.15, -0.1) is 0 Å². The van der Waals surface area contributed by atoms with Gasteiger partial charge in [0.05, 0.1) is 6.61 Å². The first-order valence-electron chi connectivity index (χ1n) is 3.94. The highest BCUT2D eigenvalue weighted by atomic mass is 16.4. The zero-order chi connectivity index (χ0) is 9.78. The fourth-order valence-electron chi connectivity index (χ4n) is 0.659. The van der Waals surface area contributed by atoms with Crippen LogP contribution in [0.4, 0.5) is 0 Å². The molecule has 0 aromatic heterocycles. The Morgan fingerprint density at radius 2 is 2.00 bits per heavy atom. The summed E-state index contributed by atoms with van der Waals surface area (Å²) in [5.74, 6) is -1.01. The molecule has 0 saturated carbocycles. The third-order valence-electron chi connectivity index (χ3n) is 1.36. The molecule has 4 nitrogen and oxygen atoms in total. The molecular formula is C8H17NO3. The summed E-state index contributed by atoms with van der Waals surface area (Å²) in [6.07, 6.45) is 0. The molecule has 12 heavy (non-hydrogen) atoms. The number of aliphatic carboxylic acids is 1. The van der Waals surface area contributed by atoms with E-state index in [0.29, 0.717) is 6.54 Å². The molecule has 4 heteroatoms. The van der Waals surface area contributed by atoms with E-state index < -0.39 is 12.0 Å². The maximum absolute atomic E-state index is 10.4. The first-order chi connectivity index (χ1) is 5.37. The number of aliphatic hydroxyl groups excluding tert-OH is 1. The predicted octanol–water partition coefficient (Wildman–Crippen LogP) is 0.0676. The summed E-state index contributed by atoms with van der Waals surface area (Å²) in [4.78, 5) is 10.4. The van der Waals surface area contributed by atoms with Gasteiger partial charge in [-0.3, -0.25) is 4.79 Å². The maximum atomic E-state index is 10.4. The standard InChI is InChI=1S/C8H17NO3/c1-8(2,3)5-9-6(4-10)7(11)12/h6,9-10H,4-5H2,1-3H3,(H,11,12)/t6-/m1/s1. The van der Waals surface area contributed by atoms with Gasteiger partial charge in [0.15, 0.2) is 0 Å². The monoisotopic (exact) mass is 175 g/mol. The topological polar surface area (TPSA) is 69.6 Å². The number of nitrogens with one attached hydrogen (secondary N) is 1. The molecule has 0 unspecified atom stereocenters. The molecule has 0 saturated heterocycles. The number of carboxylic acids is 1. The minimum atomic E-state index is -1.01. The van der Waals surface area contributed by atoms with Crippen molar-refractivity contribution in [2.45, 2.75) is 26.8 Å². The van der Waals surface area contributed by atoms with Crippen LogP contribution in [0.5, 0.6) is 0 Å². The Labute approximate surface area is 72.6 Å². The van der Waals surface area contributed by atoms with Gasteiger partial charge in [-0.1, -0.05) is 20.8 Å². The molecule has 0 spiro atoms. The van der Waals surface area contributed by atoms with Crippen LogP contribution in [0.15, 0.2) is 0 Å². The molecule has 0 bridgehead atoms. The van der Waals surface area contributed by atoms with Gasteiger partial charge in [0.25, 0.3) is 0 Å². The lowest BCUT2D eigenvalue weighted by atomic mass is 9.96. The van der Waals surface area contributed by atoms with Gasteiger partial charge in [-0.2, -0.15) is 0 Å². The zero-order valence-corrected chi connectivity index (χ0v) is 7.79. The fraction of sp³-hybridized carbons (Fsp3) is 0.875. The normalized spacial score (nSPS) is 14.3. The smallest absolute Gasteiger partial charge is 0.323 e. The Morgan fingerprint density at radius 3 is 2.25 bits per heavy atom. The van der Waals surface area contributed by atoms with E-state index in [9.17, 15) is 4.79 Å². The molecule has 0 fully saturated rings. The molecule has 0 radical (unpaired) electrons. The third-order valence-corrected chi connectivity index (χ3v) is 1.36. The second kappa shape index (κ2) is 4.42. The number of aliphatic hydroxyl groups is 1. The van der Waals surface area contributed by atoms with E-state index in [1.807, 2.05) is 20.8 Å². The van der Waals surface area contributed by atoms with Crippen LogP contribution in [-0.4, -0.2) is 35.4 Å². The van der Waals surface area contributed by atoms with Gasteiger partial charge in [-0.25, -0.2) is 0 Å². The van der Waals surface area contributed by atoms with Crippen LogP contribution in [0, 0.1) is 5.41 Å². The van der Waals surface area contributed by atoms with Crippen molar-refractivity contribution in [3.63, 3.8) is 0 Å². The van der Waals surface area contributed by atoms with Crippen molar-refractivity contribution in [2.75, 3.05) is 13.2 Å². The lowest BCUT2D eigenvalue weighted by Crippen LogP contribution is -2.43. The Kier molecular flexibility index (Phi) is 4.20. The van der Waals surface area contributed by atoms with Gasteiger partial charge in [0.2, 0.25) is 0 Å². The molecule has 0 aromatic carbocycles. The van der Waals surface area contributed by atoms with E-state index in [2.05, 4.69) is 5.32 Å². The lowest BCUT2D eigenvalue weighted by Gasteiger charge is -2.21. The highest BCUT2D eigenvalue weighted by Crippen LogP contribution is 2.10. The Bertz CT molecular complexity index is 151. The van der Waals surface area contributed by atoms with Crippen molar-refractivity contribution in [1.82, 2.24) is 5.32 Å². The molecule has 3 N–H and O–H groups in total. The van der Waals surface area contributed by atoms with Crippen molar-refractivity contribution >= 4 is 5.97 Å². The Balaban J connectivity index is 3.81. The highest BCUT2D eigenvalue weighted by molar-refractivity contribution is 5.73. The van der Waals surface area contributed by atoms with E-state index in [1.54, 1.807) is 0 Å². The molecule has 72 valence electrons. The summed E-state index contributed by atoms with van der Waals surface area (Å²) < 4.78 is 0. The van der Waals surface area contributed by atoms with E-state index in [-0.39, 0.29) is 12.0 Å². The van der Waals surface area contributed by atoms with Crippen LogP contribution >= 0.6 is 0 Å². The second-order valence-electron chi connectivity index (χ2n) is 4.01. The van der Waals surface area contributed by atoms with Crippen LogP contribution in [0.3, 0.4) is 0 Å². The number of carbonyl (C=O) groups is 1. The quantitative estimate of drug-likeness (QED) is 0.565. The number of hydrogen-bond acceptors (Lipinski definition) is 3. The molecule has 1 atom stereocenters. The highest BCUT2D eigenvalue weighted by Gasteiger charge is 2.18. The zero-order valence-electron chi connectivity index (χ0n) is 7.79. The molecule has 0 aromatic rings. The molecule has 0 aliphatic carbocycles. The van der Waals surface area contributed by atoms with E-state index >= 15 is 0 Å². The van der Waals surface area contributed by atoms with Crippen LogP contribution < -0.4 is 5.32 Å². The number of hydrogen-bond donors (Lipinski definition) is 3. The van der Waals surface area contributed by atoms with Crippen molar-refractivity contribution in [3.05, 3.63) is 0 Å². The number of carboxylic acid groups (broad SMARTS) is 1. The van der Waals surface area contributed by atoms with E-state index in [0.717, 1.165) is 0 Å². The van der Waals surface area contributed by atoms with Gasteiger partial charge < -0.3 is 15.5 Å². The molecule has 0 heterocycles. The average Bonchev–Trinajstić information content (AvgIpc) is 1.85. The van der Waals surface area contributed by atoms with Crippen LogP contribution in [0.25, 0.3) is 0 Å². The maximum Gasteiger partial charge on any atom is 0.323 e. The summed E-state index contributed by atoms with van der Waals surface area (Å²) in [5.41, 5.74) is 0.0306. The first-order valence-corrected chi connectivity index (χ1v) is 3.94. The predicted molar refractivity (Wildman–Crippen MR) is 46.0 cm³/mol. The third kappa shape index (κ3) is 5.09. The van der Waals surface area contributed by atoms with Crippen molar-refractivity contribution in [3.8, 4) is 0 Å². The summed E-state index contributed by atoms with van der Waals surface area (Å²) in [7, 11) is 0.